The molecule has 0 aliphatic rings. The van der Waals surface area contributed by atoms with Crippen LogP contribution in [0.1, 0.15) is 13.3 Å². The highest BCUT2D eigenvalue weighted by Crippen LogP contribution is 2.28. The summed E-state index contributed by atoms with van der Waals surface area (Å²) in [6.45, 7) is 2.49. The molecule has 3 rings (SSSR count). The molecule has 0 radical (unpaired) electrons. The van der Waals surface area contributed by atoms with Crippen molar-refractivity contribution in [3.63, 3.8) is 0 Å². The molecule has 21 heavy (non-hydrogen) atoms. The van der Waals surface area contributed by atoms with Crippen molar-refractivity contribution in [3.8, 4) is 11.4 Å². The summed E-state index contributed by atoms with van der Waals surface area (Å²) < 4.78 is 29.3. The molecule has 1 aromatic carbocycles. The van der Waals surface area contributed by atoms with Crippen molar-refractivity contribution in [3.05, 3.63) is 47.2 Å². The maximum Gasteiger partial charge on any atom is 0.184 e. The van der Waals surface area contributed by atoms with Crippen molar-refractivity contribution in [2.45, 2.75) is 19.9 Å². The van der Waals surface area contributed by atoms with E-state index in [2.05, 4.69) is 9.97 Å². The lowest BCUT2D eigenvalue weighted by Crippen LogP contribution is -2.02. The van der Waals surface area contributed by atoms with E-state index >= 15 is 0 Å². The van der Waals surface area contributed by atoms with E-state index in [-0.39, 0.29) is 5.52 Å². The molecule has 108 valence electrons. The molecule has 2 aromatic heterocycles. The molecule has 3 aromatic rings. The zero-order valence-corrected chi connectivity index (χ0v) is 12.0. The third-order valence-corrected chi connectivity index (χ3v) is 3.42. The maximum absolute atomic E-state index is 14.1. The minimum absolute atomic E-state index is 0.173. The smallest absolute Gasteiger partial charge is 0.184 e. The van der Waals surface area contributed by atoms with Gasteiger partial charge in [0, 0.05) is 24.5 Å². The van der Waals surface area contributed by atoms with Crippen LogP contribution in [0.3, 0.4) is 0 Å². The third kappa shape index (κ3) is 2.38. The minimum atomic E-state index is -0.880. The van der Waals surface area contributed by atoms with E-state index in [0.29, 0.717) is 28.5 Å². The first kappa shape index (κ1) is 13.9. The molecule has 0 aliphatic carbocycles. The van der Waals surface area contributed by atoms with Gasteiger partial charge in [0.05, 0.1) is 10.5 Å². The molecule has 0 atom stereocenters. The van der Waals surface area contributed by atoms with Crippen LogP contribution in [-0.2, 0) is 6.54 Å². The topological polar surface area (TPSA) is 30.7 Å². The summed E-state index contributed by atoms with van der Waals surface area (Å²) in [7, 11) is 0. The van der Waals surface area contributed by atoms with E-state index in [4.69, 9.17) is 11.6 Å². The van der Waals surface area contributed by atoms with Gasteiger partial charge in [0.25, 0.3) is 0 Å². The first-order valence-electron chi connectivity index (χ1n) is 6.57. The molecule has 0 unspecified atom stereocenters. The van der Waals surface area contributed by atoms with Gasteiger partial charge in [0.15, 0.2) is 11.6 Å². The molecule has 0 bridgehead atoms. The quantitative estimate of drug-likeness (QED) is 0.716. The van der Waals surface area contributed by atoms with Crippen LogP contribution in [0.15, 0.2) is 30.6 Å². The Hall–Kier alpha value is -2.01. The Kier molecular flexibility index (Phi) is 3.59. The van der Waals surface area contributed by atoms with Gasteiger partial charge in [-0.1, -0.05) is 18.5 Å². The second-order valence-corrected chi connectivity index (χ2v) is 5.14. The average molecular weight is 308 g/mol. The monoisotopic (exact) mass is 307 g/mol. The lowest BCUT2D eigenvalue weighted by Gasteiger charge is -2.08. The molecular weight excluding hydrogens is 296 g/mol. The summed E-state index contributed by atoms with van der Waals surface area (Å²) in [4.78, 5) is 8.42. The predicted octanol–water partition coefficient (Wildman–Crippen LogP) is 4.44. The standard InChI is InChI=1S/C15H12ClF2N3/c1-2-5-21-14-12(4-3-11(17)13(14)18)20-15(21)9-6-10(16)8-19-7-9/h3-4,6-8H,2,5H2,1H3. The zero-order valence-electron chi connectivity index (χ0n) is 11.3. The number of nitrogens with zero attached hydrogens (tertiary/aromatic N) is 3. The number of aromatic nitrogens is 3. The van der Waals surface area contributed by atoms with Crippen molar-refractivity contribution < 1.29 is 8.78 Å². The number of fused-ring (bicyclic) bond motifs is 1. The maximum atomic E-state index is 14.1. The van der Waals surface area contributed by atoms with Gasteiger partial charge in [0.2, 0.25) is 0 Å². The van der Waals surface area contributed by atoms with Crippen molar-refractivity contribution in [2.75, 3.05) is 0 Å². The fourth-order valence-corrected chi connectivity index (χ4v) is 2.53. The SMILES string of the molecule is CCCn1c(-c2cncc(Cl)c2)nc2ccc(F)c(F)c21. The summed E-state index contributed by atoms with van der Waals surface area (Å²) in [6, 6.07) is 4.26. The number of imidazole rings is 1. The van der Waals surface area contributed by atoms with Gasteiger partial charge in [-0.2, -0.15) is 0 Å². The van der Waals surface area contributed by atoms with Crippen molar-refractivity contribution in [1.82, 2.24) is 14.5 Å². The van der Waals surface area contributed by atoms with Crippen molar-refractivity contribution >= 4 is 22.6 Å². The molecule has 0 saturated carbocycles. The van der Waals surface area contributed by atoms with Crippen LogP contribution < -0.4 is 0 Å². The fourth-order valence-electron chi connectivity index (χ4n) is 2.35. The molecule has 0 aliphatic heterocycles. The Morgan fingerprint density at radius 1 is 1.24 bits per heavy atom. The summed E-state index contributed by atoms with van der Waals surface area (Å²) in [5.74, 6) is -1.23. The van der Waals surface area contributed by atoms with Crippen LogP contribution in [0.5, 0.6) is 0 Å². The normalized spacial score (nSPS) is 11.2. The molecule has 0 saturated heterocycles. The largest absolute Gasteiger partial charge is 0.321 e. The van der Waals surface area contributed by atoms with Crippen LogP contribution in [-0.4, -0.2) is 14.5 Å². The number of hydrogen-bond donors (Lipinski definition) is 0. The van der Waals surface area contributed by atoms with E-state index in [9.17, 15) is 8.78 Å². The van der Waals surface area contributed by atoms with Gasteiger partial charge in [0.1, 0.15) is 11.3 Å². The summed E-state index contributed by atoms with van der Waals surface area (Å²) in [6.07, 6.45) is 3.88. The Balaban J connectivity index is 2.32. The highest BCUT2D eigenvalue weighted by atomic mass is 35.5. The molecule has 0 fully saturated rings. The Morgan fingerprint density at radius 3 is 2.76 bits per heavy atom. The molecule has 0 N–H and O–H groups in total. The summed E-state index contributed by atoms with van der Waals surface area (Å²) in [5.41, 5.74) is 1.26. The van der Waals surface area contributed by atoms with Gasteiger partial charge in [-0.25, -0.2) is 13.8 Å². The van der Waals surface area contributed by atoms with E-state index in [1.807, 2.05) is 6.92 Å². The zero-order chi connectivity index (χ0) is 15.0. The Bertz CT molecular complexity index is 814. The van der Waals surface area contributed by atoms with Gasteiger partial charge in [-0.15, -0.1) is 0 Å². The Labute approximate surface area is 125 Å². The van der Waals surface area contributed by atoms with Crippen LogP contribution in [0, 0.1) is 11.6 Å². The molecule has 6 heteroatoms. The Morgan fingerprint density at radius 2 is 2.05 bits per heavy atom. The number of benzene rings is 1. The lowest BCUT2D eigenvalue weighted by atomic mass is 10.2. The number of halogens is 3. The van der Waals surface area contributed by atoms with Crippen LogP contribution in [0.25, 0.3) is 22.4 Å². The second kappa shape index (κ2) is 5.41. The first-order chi connectivity index (χ1) is 10.1. The second-order valence-electron chi connectivity index (χ2n) is 4.71. The van der Waals surface area contributed by atoms with Gasteiger partial charge in [-0.3, -0.25) is 4.98 Å². The lowest BCUT2D eigenvalue weighted by molar-refractivity contribution is 0.511. The van der Waals surface area contributed by atoms with Crippen LogP contribution in [0.2, 0.25) is 5.02 Å². The van der Waals surface area contributed by atoms with Crippen molar-refractivity contribution in [1.29, 1.82) is 0 Å². The molecule has 3 nitrogen and oxygen atoms in total. The number of pyridine rings is 1. The highest BCUT2D eigenvalue weighted by molar-refractivity contribution is 6.30. The molecular formula is C15H12ClF2N3. The first-order valence-corrected chi connectivity index (χ1v) is 6.94. The van der Waals surface area contributed by atoms with Crippen molar-refractivity contribution in [2.24, 2.45) is 0 Å². The molecule has 0 spiro atoms. The van der Waals surface area contributed by atoms with E-state index in [1.54, 1.807) is 16.8 Å². The van der Waals surface area contributed by atoms with Crippen LogP contribution in [0.4, 0.5) is 8.78 Å². The van der Waals surface area contributed by atoms with E-state index < -0.39 is 11.6 Å². The third-order valence-electron chi connectivity index (χ3n) is 3.21. The fraction of sp³-hybridized carbons (Fsp3) is 0.200. The van der Waals surface area contributed by atoms with Gasteiger partial charge < -0.3 is 4.57 Å². The van der Waals surface area contributed by atoms with Gasteiger partial charge >= 0.3 is 0 Å². The number of rotatable bonds is 3. The number of hydrogen-bond acceptors (Lipinski definition) is 2. The number of aryl methyl sites for hydroxylation is 1. The summed E-state index contributed by atoms with van der Waals surface area (Å²) in [5, 5.41) is 0.467. The van der Waals surface area contributed by atoms with E-state index in [1.165, 1.54) is 12.3 Å². The van der Waals surface area contributed by atoms with Crippen LogP contribution >= 0.6 is 11.6 Å². The molecule has 2 heterocycles. The van der Waals surface area contributed by atoms with E-state index in [0.717, 1.165) is 12.5 Å². The molecule has 0 amide bonds. The predicted molar refractivity (Wildman–Crippen MR) is 78.2 cm³/mol. The van der Waals surface area contributed by atoms with Gasteiger partial charge in [-0.05, 0) is 24.6 Å². The summed E-state index contributed by atoms with van der Waals surface area (Å²) >= 11 is 5.95. The highest BCUT2D eigenvalue weighted by Gasteiger charge is 2.18. The minimum Gasteiger partial charge on any atom is -0.321 e. The average Bonchev–Trinajstić information content (AvgIpc) is 2.83.